The summed E-state index contributed by atoms with van der Waals surface area (Å²) in [5.41, 5.74) is 0.566. The van der Waals surface area contributed by atoms with Crippen molar-refractivity contribution in [2.24, 2.45) is 0 Å². The van der Waals surface area contributed by atoms with Gasteiger partial charge in [0.05, 0.1) is 6.54 Å². The number of carbonyl (C=O) groups excluding carboxylic acids is 1. The van der Waals surface area contributed by atoms with E-state index in [0.717, 1.165) is 0 Å². The van der Waals surface area contributed by atoms with E-state index in [1.807, 2.05) is 0 Å². The Bertz CT molecular complexity index is 315. The number of benzene rings is 1. The van der Waals surface area contributed by atoms with Gasteiger partial charge in [0.2, 0.25) is 5.91 Å². The van der Waals surface area contributed by atoms with Gasteiger partial charge in [-0.2, -0.15) is 0 Å². The molecule has 1 aromatic rings. The predicted molar refractivity (Wildman–Crippen MR) is 52.2 cm³/mol. The number of likely N-dealkylation sites (N-methyl/N-ethyl adjacent to an activating group) is 1. The fourth-order valence-corrected chi connectivity index (χ4v) is 1.04. The molecule has 0 saturated carbocycles. The van der Waals surface area contributed by atoms with Crippen LogP contribution < -0.4 is 10.6 Å². The van der Waals surface area contributed by atoms with Crippen molar-refractivity contribution >= 4 is 5.91 Å². The van der Waals surface area contributed by atoms with Crippen molar-refractivity contribution in [1.82, 2.24) is 10.6 Å². The first kappa shape index (κ1) is 10.7. The maximum Gasteiger partial charge on any atom is 0.233 e. The molecule has 1 amide bonds. The zero-order valence-electron chi connectivity index (χ0n) is 8.01. The summed E-state index contributed by atoms with van der Waals surface area (Å²) in [6.45, 7) is 0.560. The molecule has 3 nitrogen and oxygen atoms in total. The van der Waals surface area contributed by atoms with Crippen LogP contribution in [0.25, 0.3) is 0 Å². The fourth-order valence-electron chi connectivity index (χ4n) is 1.04. The second-order valence-corrected chi connectivity index (χ2v) is 2.87. The van der Waals surface area contributed by atoms with Crippen LogP contribution in [0.4, 0.5) is 4.39 Å². The number of carbonyl (C=O) groups is 1. The Balaban J connectivity index is 2.39. The molecule has 4 heteroatoms. The van der Waals surface area contributed by atoms with Crippen LogP contribution in [0.3, 0.4) is 0 Å². The summed E-state index contributed by atoms with van der Waals surface area (Å²) in [6.07, 6.45) is 0. The van der Waals surface area contributed by atoms with Gasteiger partial charge in [0.25, 0.3) is 0 Å². The molecule has 76 valence electrons. The molecule has 0 saturated heterocycles. The Morgan fingerprint density at radius 3 is 2.79 bits per heavy atom. The molecule has 0 aliphatic heterocycles. The van der Waals surface area contributed by atoms with Gasteiger partial charge in [-0.05, 0) is 6.07 Å². The molecule has 0 aliphatic carbocycles. The molecule has 14 heavy (non-hydrogen) atoms. The molecule has 0 spiro atoms. The fraction of sp³-hybridized carbons (Fsp3) is 0.300. The van der Waals surface area contributed by atoms with Crippen LogP contribution in [-0.2, 0) is 11.3 Å². The van der Waals surface area contributed by atoms with E-state index in [4.69, 9.17) is 0 Å². The monoisotopic (exact) mass is 196 g/mol. The first-order valence-electron chi connectivity index (χ1n) is 4.38. The second-order valence-electron chi connectivity index (χ2n) is 2.87. The predicted octanol–water partition coefficient (Wildman–Crippen LogP) is 0.661. The lowest BCUT2D eigenvalue weighted by molar-refractivity contribution is -0.119. The highest BCUT2D eigenvalue weighted by Gasteiger charge is 2.01. The minimum atomic E-state index is -0.253. The van der Waals surface area contributed by atoms with Gasteiger partial charge in [-0.1, -0.05) is 18.2 Å². The minimum absolute atomic E-state index is 0.110. The summed E-state index contributed by atoms with van der Waals surface area (Å²) < 4.78 is 13.1. The molecule has 1 aromatic carbocycles. The van der Waals surface area contributed by atoms with E-state index >= 15 is 0 Å². The zero-order chi connectivity index (χ0) is 10.4. The highest BCUT2D eigenvalue weighted by atomic mass is 19.1. The Kier molecular flexibility index (Phi) is 4.07. The summed E-state index contributed by atoms with van der Waals surface area (Å²) in [6, 6.07) is 6.49. The SMILES string of the molecule is CNC(=O)CNCc1ccccc1F. The number of rotatable bonds is 4. The summed E-state index contributed by atoms with van der Waals surface area (Å²) in [5.74, 6) is -0.363. The van der Waals surface area contributed by atoms with E-state index in [2.05, 4.69) is 10.6 Å². The van der Waals surface area contributed by atoms with Crippen LogP contribution in [0, 0.1) is 5.82 Å². The standard InChI is InChI=1S/C10H13FN2O/c1-12-10(14)7-13-6-8-4-2-3-5-9(8)11/h2-5,13H,6-7H2,1H3,(H,12,14). The van der Waals surface area contributed by atoms with Gasteiger partial charge in [-0.15, -0.1) is 0 Å². The van der Waals surface area contributed by atoms with E-state index in [1.54, 1.807) is 25.2 Å². The average Bonchev–Trinajstić information content (AvgIpc) is 2.20. The lowest BCUT2D eigenvalue weighted by Crippen LogP contribution is -2.31. The van der Waals surface area contributed by atoms with Gasteiger partial charge < -0.3 is 10.6 Å². The third-order valence-electron chi connectivity index (χ3n) is 1.84. The lowest BCUT2D eigenvalue weighted by atomic mass is 10.2. The summed E-state index contributed by atoms with van der Waals surface area (Å²) in [4.78, 5) is 10.8. The molecule has 2 N–H and O–H groups in total. The molecule has 0 fully saturated rings. The quantitative estimate of drug-likeness (QED) is 0.742. The molecular weight excluding hydrogens is 183 g/mol. The molecular formula is C10H13FN2O. The molecule has 0 radical (unpaired) electrons. The van der Waals surface area contributed by atoms with Crippen LogP contribution in [0.2, 0.25) is 0 Å². The molecule has 0 bridgehead atoms. The van der Waals surface area contributed by atoms with Crippen molar-refractivity contribution in [3.63, 3.8) is 0 Å². The van der Waals surface area contributed by atoms with Gasteiger partial charge in [0, 0.05) is 19.2 Å². The van der Waals surface area contributed by atoms with Crippen molar-refractivity contribution < 1.29 is 9.18 Å². The van der Waals surface area contributed by atoms with Gasteiger partial charge in [0.15, 0.2) is 0 Å². The van der Waals surface area contributed by atoms with E-state index in [-0.39, 0.29) is 18.3 Å². The third-order valence-corrected chi connectivity index (χ3v) is 1.84. The Labute approximate surface area is 82.3 Å². The van der Waals surface area contributed by atoms with Crippen LogP contribution in [0.1, 0.15) is 5.56 Å². The smallest absolute Gasteiger partial charge is 0.233 e. The third kappa shape index (κ3) is 3.14. The van der Waals surface area contributed by atoms with E-state index in [9.17, 15) is 9.18 Å². The Morgan fingerprint density at radius 2 is 2.14 bits per heavy atom. The number of nitrogens with one attached hydrogen (secondary N) is 2. The normalized spacial score (nSPS) is 9.86. The summed E-state index contributed by atoms with van der Waals surface area (Å²) >= 11 is 0. The minimum Gasteiger partial charge on any atom is -0.358 e. The van der Waals surface area contributed by atoms with Crippen molar-refractivity contribution in [3.05, 3.63) is 35.6 Å². The van der Waals surface area contributed by atoms with Crippen LogP contribution in [0.15, 0.2) is 24.3 Å². The van der Waals surface area contributed by atoms with E-state index in [0.29, 0.717) is 12.1 Å². The highest BCUT2D eigenvalue weighted by Crippen LogP contribution is 2.04. The Hall–Kier alpha value is -1.42. The van der Waals surface area contributed by atoms with Crippen LogP contribution in [0.5, 0.6) is 0 Å². The molecule has 0 unspecified atom stereocenters. The molecule has 1 rings (SSSR count). The van der Waals surface area contributed by atoms with Crippen molar-refractivity contribution in [1.29, 1.82) is 0 Å². The summed E-state index contributed by atoms with van der Waals surface area (Å²) in [5, 5.41) is 5.31. The molecule has 0 aromatic heterocycles. The van der Waals surface area contributed by atoms with Gasteiger partial charge in [-0.3, -0.25) is 4.79 Å². The maximum absolute atomic E-state index is 13.1. The van der Waals surface area contributed by atoms with E-state index in [1.165, 1.54) is 6.07 Å². The van der Waals surface area contributed by atoms with Gasteiger partial charge in [0.1, 0.15) is 5.82 Å². The Morgan fingerprint density at radius 1 is 1.43 bits per heavy atom. The zero-order valence-corrected chi connectivity index (χ0v) is 8.01. The maximum atomic E-state index is 13.1. The first-order chi connectivity index (χ1) is 6.74. The number of hydrogen-bond donors (Lipinski definition) is 2. The summed E-state index contributed by atoms with van der Waals surface area (Å²) in [7, 11) is 1.56. The van der Waals surface area contributed by atoms with Crippen molar-refractivity contribution in [3.8, 4) is 0 Å². The molecule has 0 heterocycles. The highest BCUT2D eigenvalue weighted by molar-refractivity contribution is 5.77. The van der Waals surface area contributed by atoms with Crippen molar-refractivity contribution in [2.75, 3.05) is 13.6 Å². The molecule has 0 atom stereocenters. The number of amides is 1. The van der Waals surface area contributed by atoms with Gasteiger partial charge >= 0.3 is 0 Å². The van der Waals surface area contributed by atoms with E-state index < -0.39 is 0 Å². The largest absolute Gasteiger partial charge is 0.358 e. The lowest BCUT2D eigenvalue weighted by Gasteiger charge is -2.04. The topological polar surface area (TPSA) is 41.1 Å². The average molecular weight is 196 g/mol. The molecule has 0 aliphatic rings. The van der Waals surface area contributed by atoms with Crippen molar-refractivity contribution in [2.45, 2.75) is 6.54 Å². The second kappa shape index (κ2) is 5.34. The van der Waals surface area contributed by atoms with Crippen LogP contribution in [-0.4, -0.2) is 19.5 Å². The first-order valence-corrected chi connectivity index (χ1v) is 4.38. The van der Waals surface area contributed by atoms with Crippen LogP contribution >= 0.6 is 0 Å². The number of hydrogen-bond acceptors (Lipinski definition) is 2. The van der Waals surface area contributed by atoms with Gasteiger partial charge in [-0.25, -0.2) is 4.39 Å². The number of halogens is 1.